The number of rotatable bonds is 0. The molecule has 0 rings (SSSR count). The summed E-state index contributed by atoms with van der Waals surface area (Å²) in [7, 11) is 0. The Bertz CT molecular complexity index is 13.5. The van der Waals surface area contributed by atoms with Gasteiger partial charge in [0.05, 0.1) is 0 Å². The second-order valence-electron chi connectivity index (χ2n) is 0. The summed E-state index contributed by atoms with van der Waals surface area (Å²) < 4.78 is 0. The first-order chi connectivity index (χ1) is 0. The first kappa shape index (κ1) is 26.7. The van der Waals surface area contributed by atoms with Crippen molar-refractivity contribution in [2.24, 2.45) is 0 Å². The van der Waals surface area contributed by atoms with Crippen molar-refractivity contribution in [1.82, 2.24) is 0 Å². The van der Waals surface area contributed by atoms with Crippen LogP contribution in [0.5, 0.6) is 0 Å². The minimum atomic E-state index is 0. The topological polar surface area (TPSA) is 31.5 Å². The molecule has 0 aromatic heterocycles. The maximum absolute atomic E-state index is 0. The van der Waals surface area contributed by atoms with E-state index < -0.39 is 0 Å². The molecule has 0 aliphatic rings. The Morgan fingerprint density at radius 2 is 1.25 bits per heavy atom. The molecule has 0 aromatic carbocycles. The molecule has 0 saturated carbocycles. The maximum atomic E-state index is 0. The van der Waals surface area contributed by atoms with Gasteiger partial charge in [-0.1, -0.05) is 0 Å². The van der Waals surface area contributed by atoms with Crippen LogP contribution >= 0.6 is 0 Å². The van der Waals surface area contributed by atoms with Crippen LogP contribution in [0.4, 0.5) is 0 Å². The van der Waals surface area contributed by atoms with Gasteiger partial charge >= 0.3 is 45.5 Å². The molecule has 0 atom stereocenters. The van der Waals surface area contributed by atoms with Crippen LogP contribution < -0.4 is 0 Å². The summed E-state index contributed by atoms with van der Waals surface area (Å²) in [4.78, 5) is 0. The molecule has 0 unspecified atom stereocenters. The quantitative estimate of drug-likeness (QED) is 0.515. The van der Waals surface area contributed by atoms with Gasteiger partial charge < -0.3 is 8.33 Å². The molecule has 0 aromatic rings. The maximum Gasteiger partial charge on any atom is 2.00 e. The van der Waals surface area contributed by atoms with Crippen LogP contribution in [-0.2, 0) is 16.8 Å². The van der Waals surface area contributed by atoms with Crippen LogP contribution in [-0.4, -0.2) is 51.0 Å². The van der Waals surface area contributed by atoms with Crippen molar-refractivity contribution in [1.29, 1.82) is 0 Å². The molecule has 1 radical (unpaired) electrons. The van der Waals surface area contributed by atoms with Crippen molar-refractivity contribution in [2.75, 3.05) is 0 Å². The van der Waals surface area contributed by atoms with E-state index in [-0.39, 0.29) is 111 Å². The molecule has 2 N–H and O–H groups in total. The van der Waals surface area contributed by atoms with Gasteiger partial charge in [-0.15, -0.1) is 0 Å². The van der Waals surface area contributed by atoms with Crippen LogP contribution in [0.15, 0.2) is 0 Å². The van der Waals surface area contributed by atoms with Gasteiger partial charge in [-0.2, -0.15) is 0 Å². The predicted molar refractivity (Wildman–Crippen MR) is 11.6 cm³/mol. The van der Waals surface area contributed by atoms with Gasteiger partial charge in [-0.3, -0.25) is 0 Å². The van der Waals surface area contributed by atoms with Gasteiger partial charge in [0.1, 0.15) is 0 Å². The van der Waals surface area contributed by atoms with Gasteiger partial charge in [-0.05, 0) is 0 Å². The third kappa shape index (κ3) is 8.99. The average molecular weight is 317 g/mol. The Labute approximate surface area is 108 Å². The van der Waals surface area contributed by atoms with E-state index in [0.29, 0.717) is 0 Å². The van der Waals surface area contributed by atoms with Crippen LogP contribution in [0.25, 0.3) is 0 Å². The molecule has 4 heteroatoms. The van der Waals surface area contributed by atoms with Crippen molar-refractivity contribution in [3.05, 3.63) is 0 Å². The Morgan fingerprint density at radius 3 is 1.25 bits per heavy atom. The summed E-state index contributed by atoms with van der Waals surface area (Å²) in [5.41, 5.74) is 0. The minimum absolute atomic E-state index is 0. The zero-order chi connectivity index (χ0) is 0. The van der Waals surface area contributed by atoms with Crippen LogP contribution in [0, 0.1) is 40.4 Å². The molecule has 0 aliphatic carbocycles. The van der Waals surface area contributed by atoms with Crippen LogP contribution in [0.2, 0.25) is 0 Å². The summed E-state index contributed by atoms with van der Waals surface area (Å²) in [6, 6.07) is 0. The third-order valence-corrected chi connectivity index (χ3v) is 0. The van der Waals surface area contributed by atoms with Gasteiger partial charge in [-0.25, -0.2) is 0 Å². The molecule has 4 heavy (non-hydrogen) atoms. The molecule has 0 bridgehead atoms. The van der Waals surface area contributed by atoms with Crippen LogP contribution in [0.1, 0.15) is 2.85 Å². The summed E-state index contributed by atoms with van der Waals surface area (Å²) in [6.07, 6.45) is 0. The second kappa shape index (κ2) is 16.3. The number of hydrogen-bond acceptors (Lipinski definition) is 0. The molecule has 0 heterocycles. The molecule has 27 valence electrons. The Kier molecular flexibility index (Phi) is 108. The van der Waals surface area contributed by atoms with E-state index in [1.807, 2.05) is 0 Å². The standard InChI is InChI=1S/Co.H2O.Sm.Sr.2H/h;1H2;;;;/q;;;+2;2*-1. The Hall–Kier alpha value is 3.28. The molecule has 0 saturated heterocycles. The third-order valence-electron chi connectivity index (χ3n) is 0. The van der Waals surface area contributed by atoms with E-state index in [1.54, 1.807) is 0 Å². The fourth-order valence-corrected chi connectivity index (χ4v) is 0. The Balaban J connectivity index is 0. The van der Waals surface area contributed by atoms with Gasteiger partial charge in [0.25, 0.3) is 0 Å². The van der Waals surface area contributed by atoms with Crippen molar-refractivity contribution in [3.8, 4) is 0 Å². The number of hydrogen-bond donors (Lipinski definition) is 0. The normalized spacial score (nSPS) is 0. The van der Waals surface area contributed by atoms with Crippen molar-refractivity contribution in [2.45, 2.75) is 0 Å². The van der Waals surface area contributed by atoms with Crippen molar-refractivity contribution in [3.63, 3.8) is 0 Å². The second-order valence-corrected chi connectivity index (χ2v) is 0. The molecular weight excluding hydrogens is 313 g/mol. The van der Waals surface area contributed by atoms with E-state index >= 15 is 0 Å². The zero-order valence-corrected chi connectivity index (χ0v) is 9.09. The molecule has 0 amide bonds. The first-order valence-corrected chi connectivity index (χ1v) is 0. The summed E-state index contributed by atoms with van der Waals surface area (Å²) in [5, 5.41) is 0. The molecule has 0 spiro atoms. The minimum Gasteiger partial charge on any atom is -1.00 e. The van der Waals surface area contributed by atoms with Gasteiger partial charge in [0, 0.05) is 57.2 Å². The summed E-state index contributed by atoms with van der Waals surface area (Å²) >= 11 is 0. The first-order valence-electron chi connectivity index (χ1n) is 0. The summed E-state index contributed by atoms with van der Waals surface area (Å²) in [6.45, 7) is 0. The molecule has 1 nitrogen and oxygen atoms in total. The van der Waals surface area contributed by atoms with Crippen molar-refractivity contribution < 1.29 is 65.5 Å². The van der Waals surface area contributed by atoms with E-state index in [9.17, 15) is 0 Å². The van der Waals surface area contributed by atoms with E-state index in [4.69, 9.17) is 0 Å². The van der Waals surface area contributed by atoms with Crippen LogP contribution in [0.3, 0.4) is 0 Å². The van der Waals surface area contributed by atoms with E-state index in [2.05, 4.69) is 0 Å². The predicted octanol–water partition coefficient (Wildman–Crippen LogP) is -0.983. The molecular formula is H4CoOSmSr. The summed E-state index contributed by atoms with van der Waals surface area (Å²) in [5.74, 6) is 0. The monoisotopic (exact) mass is 319 g/mol. The fourth-order valence-electron chi connectivity index (χ4n) is 0. The van der Waals surface area contributed by atoms with Gasteiger partial charge in [0.15, 0.2) is 0 Å². The SMILES string of the molecule is O.[Co].[H-].[H-].[Sm].[Sr+2]. The smallest absolute Gasteiger partial charge is 1.00 e. The van der Waals surface area contributed by atoms with E-state index in [1.165, 1.54) is 0 Å². The molecule has 0 aliphatic heterocycles. The zero-order valence-electron chi connectivity index (χ0n) is 3.95. The van der Waals surface area contributed by atoms with E-state index in [0.717, 1.165) is 0 Å². The molecule has 0 fully saturated rings. The largest absolute Gasteiger partial charge is 2.00 e. The fraction of sp³-hybridized carbons (Fsp3) is 0. The van der Waals surface area contributed by atoms with Crippen molar-refractivity contribution >= 4 is 45.5 Å². The average Bonchev–Trinajstić information content (AvgIpc) is 0. The Morgan fingerprint density at radius 1 is 1.25 bits per heavy atom. The van der Waals surface area contributed by atoms with Gasteiger partial charge in [0.2, 0.25) is 0 Å².